The highest BCUT2D eigenvalue weighted by atomic mass is 79.9. The van der Waals surface area contributed by atoms with Crippen LogP contribution in [0.15, 0.2) is 22.7 Å². The van der Waals surface area contributed by atoms with Gasteiger partial charge < -0.3 is 4.98 Å². The first kappa shape index (κ1) is 13.4. The fourth-order valence-corrected chi connectivity index (χ4v) is 6.50. The van der Waals surface area contributed by atoms with Crippen molar-refractivity contribution >= 4 is 33.1 Å². The van der Waals surface area contributed by atoms with Crippen LogP contribution in [0.3, 0.4) is 0 Å². The van der Waals surface area contributed by atoms with Crippen molar-refractivity contribution in [2.45, 2.75) is 43.9 Å². The molecule has 0 spiro atoms. The third-order valence-corrected chi connectivity index (χ3v) is 6.98. The van der Waals surface area contributed by atoms with E-state index in [4.69, 9.17) is 0 Å². The molecule has 3 heteroatoms. The fourth-order valence-electron chi connectivity index (χ4n) is 6.14. The number of carbonyl (C=O) groups is 1. The number of aromatic nitrogens is 1. The molecule has 22 heavy (non-hydrogen) atoms. The monoisotopic (exact) mass is 357 g/mol. The van der Waals surface area contributed by atoms with Crippen molar-refractivity contribution in [2.24, 2.45) is 17.8 Å². The zero-order valence-corrected chi connectivity index (χ0v) is 14.2. The first-order chi connectivity index (χ1) is 10.7. The van der Waals surface area contributed by atoms with E-state index in [1.54, 1.807) is 0 Å². The van der Waals surface area contributed by atoms with Gasteiger partial charge in [-0.15, -0.1) is 0 Å². The largest absolute Gasteiger partial charge is 0.357 e. The number of aromatic amines is 1. The van der Waals surface area contributed by atoms with Crippen LogP contribution in [-0.2, 0) is 5.41 Å². The third-order valence-electron chi connectivity index (χ3n) is 6.49. The van der Waals surface area contributed by atoms with Crippen LogP contribution in [-0.4, -0.2) is 11.3 Å². The molecule has 2 nitrogen and oxygen atoms in total. The van der Waals surface area contributed by atoms with E-state index >= 15 is 0 Å². The molecule has 0 amide bonds. The molecule has 0 aliphatic heterocycles. The van der Waals surface area contributed by atoms with Crippen LogP contribution in [0.25, 0.3) is 10.9 Å². The number of carbonyl (C=O) groups excluding carboxylic acids is 1. The van der Waals surface area contributed by atoms with Crippen LogP contribution >= 0.6 is 15.9 Å². The lowest BCUT2D eigenvalue weighted by Crippen LogP contribution is -2.49. The SMILES string of the molecule is O=Cc1c(C23CC4CC(CC(C4)C2)C3)[nH]c2ccc(Br)cc12. The van der Waals surface area contributed by atoms with Gasteiger partial charge in [0.25, 0.3) is 0 Å². The summed E-state index contributed by atoms with van der Waals surface area (Å²) in [5.74, 6) is 2.68. The highest BCUT2D eigenvalue weighted by molar-refractivity contribution is 9.10. The van der Waals surface area contributed by atoms with E-state index < -0.39 is 0 Å². The molecule has 4 fully saturated rings. The van der Waals surface area contributed by atoms with E-state index in [9.17, 15) is 4.79 Å². The number of hydrogen-bond donors (Lipinski definition) is 1. The summed E-state index contributed by atoms with van der Waals surface area (Å²) in [6.07, 6.45) is 9.24. The molecule has 2 aromatic rings. The first-order valence-electron chi connectivity index (χ1n) is 8.44. The topological polar surface area (TPSA) is 32.9 Å². The summed E-state index contributed by atoms with van der Waals surface area (Å²) in [6, 6.07) is 6.23. The van der Waals surface area contributed by atoms with Crippen molar-refractivity contribution in [2.75, 3.05) is 0 Å². The van der Waals surface area contributed by atoms with Gasteiger partial charge in [0, 0.05) is 32.0 Å². The molecule has 0 unspecified atom stereocenters. The van der Waals surface area contributed by atoms with Gasteiger partial charge in [0.2, 0.25) is 0 Å². The average Bonchev–Trinajstić information content (AvgIpc) is 2.84. The summed E-state index contributed by atoms with van der Waals surface area (Å²) in [5.41, 5.74) is 3.51. The molecule has 4 aliphatic carbocycles. The van der Waals surface area contributed by atoms with E-state index in [-0.39, 0.29) is 5.41 Å². The predicted octanol–water partition coefficient (Wildman–Crippen LogP) is 5.21. The maximum atomic E-state index is 11.9. The molecular formula is C19H20BrNO. The first-order valence-corrected chi connectivity index (χ1v) is 9.23. The second-order valence-electron chi connectivity index (χ2n) is 7.92. The molecule has 1 aromatic carbocycles. The molecule has 6 rings (SSSR count). The van der Waals surface area contributed by atoms with Crippen LogP contribution in [0.2, 0.25) is 0 Å². The maximum absolute atomic E-state index is 11.9. The molecule has 114 valence electrons. The van der Waals surface area contributed by atoms with Gasteiger partial charge in [-0.3, -0.25) is 4.79 Å². The lowest BCUT2D eigenvalue weighted by atomic mass is 9.48. The Hall–Kier alpha value is -1.09. The van der Waals surface area contributed by atoms with Gasteiger partial charge in [-0.05, 0) is 74.5 Å². The molecule has 1 N–H and O–H groups in total. The van der Waals surface area contributed by atoms with Crippen LogP contribution < -0.4 is 0 Å². The molecule has 4 saturated carbocycles. The van der Waals surface area contributed by atoms with Gasteiger partial charge >= 0.3 is 0 Å². The Kier molecular flexibility index (Phi) is 2.71. The second-order valence-corrected chi connectivity index (χ2v) is 8.83. The quantitative estimate of drug-likeness (QED) is 0.735. The summed E-state index contributed by atoms with van der Waals surface area (Å²) < 4.78 is 1.04. The van der Waals surface area contributed by atoms with Crippen molar-refractivity contribution in [3.05, 3.63) is 33.9 Å². The number of halogens is 1. The minimum atomic E-state index is 0.247. The summed E-state index contributed by atoms with van der Waals surface area (Å²) in [4.78, 5) is 15.5. The minimum absolute atomic E-state index is 0.247. The molecule has 1 aromatic heterocycles. The van der Waals surface area contributed by atoms with Gasteiger partial charge in [-0.1, -0.05) is 15.9 Å². The van der Waals surface area contributed by atoms with Crippen molar-refractivity contribution in [3.63, 3.8) is 0 Å². The van der Waals surface area contributed by atoms with Crippen LogP contribution in [0.1, 0.15) is 54.6 Å². The van der Waals surface area contributed by atoms with Gasteiger partial charge in [-0.2, -0.15) is 0 Å². The number of rotatable bonds is 2. The van der Waals surface area contributed by atoms with Gasteiger partial charge in [-0.25, -0.2) is 0 Å². The molecular weight excluding hydrogens is 338 g/mol. The Morgan fingerprint density at radius 3 is 2.32 bits per heavy atom. The second kappa shape index (κ2) is 4.47. The molecule has 4 aliphatic rings. The predicted molar refractivity (Wildman–Crippen MR) is 91.2 cm³/mol. The van der Waals surface area contributed by atoms with Crippen molar-refractivity contribution < 1.29 is 4.79 Å². The standard InChI is InChI=1S/C19H20BrNO/c20-14-1-2-17-15(6-14)16(10-22)18(21-17)19-7-11-3-12(8-19)5-13(4-11)9-19/h1-2,6,10-13,21H,3-5,7-9H2. The van der Waals surface area contributed by atoms with E-state index in [0.29, 0.717) is 0 Å². The van der Waals surface area contributed by atoms with Crippen molar-refractivity contribution in [3.8, 4) is 0 Å². The zero-order valence-electron chi connectivity index (χ0n) is 12.6. The van der Waals surface area contributed by atoms with E-state index in [0.717, 1.165) is 45.0 Å². The van der Waals surface area contributed by atoms with Crippen LogP contribution in [0.5, 0.6) is 0 Å². The van der Waals surface area contributed by atoms with Crippen molar-refractivity contribution in [1.29, 1.82) is 0 Å². The zero-order chi connectivity index (χ0) is 14.9. The number of fused-ring (bicyclic) bond motifs is 1. The number of benzene rings is 1. The fraction of sp³-hybridized carbons (Fsp3) is 0.526. The molecule has 1 heterocycles. The lowest BCUT2D eigenvalue weighted by molar-refractivity contribution is -0.00710. The molecule has 0 saturated heterocycles. The number of nitrogens with one attached hydrogen (secondary N) is 1. The van der Waals surface area contributed by atoms with E-state index in [1.807, 2.05) is 0 Å². The molecule has 0 atom stereocenters. The highest BCUT2D eigenvalue weighted by Crippen LogP contribution is 2.61. The number of H-pyrrole nitrogens is 1. The normalized spacial score (nSPS) is 36.1. The number of aldehydes is 1. The van der Waals surface area contributed by atoms with Gasteiger partial charge in [0.15, 0.2) is 6.29 Å². The summed E-state index contributed by atoms with van der Waals surface area (Å²) in [5, 5.41) is 1.08. The van der Waals surface area contributed by atoms with Crippen LogP contribution in [0, 0.1) is 17.8 Å². The lowest BCUT2D eigenvalue weighted by Gasteiger charge is -2.56. The van der Waals surface area contributed by atoms with E-state index in [2.05, 4.69) is 39.1 Å². The highest BCUT2D eigenvalue weighted by Gasteiger charge is 2.53. The maximum Gasteiger partial charge on any atom is 0.152 e. The summed E-state index contributed by atoms with van der Waals surface area (Å²) in [7, 11) is 0. The summed E-state index contributed by atoms with van der Waals surface area (Å²) >= 11 is 3.54. The third kappa shape index (κ3) is 1.75. The summed E-state index contributed by atoms with van der Waals surface area (Å²) in [6.45, 7) is 0. The van der Waals surface area contributed by atoms with Gasteiger partial charge in [0.1, 0.15) is 0 Å². The van der Waals surface area contributed by atoms with Gasteiger partial charge in [0.05, 0.1) is 0 Å². The average molecular weight is 358 g/mol. The Morgan fingerprint density at radius 2 is 1.73 bits per heavy atom. The number of hydrogen-bond acceptors (Lipinski definition) is 1. The Morgan fingerprint density at radius 1 is 1.09 bits per heavy atom. The molecule has 0 radical (unpaired) electrons. The Bertz CT molecular complexity index is 740. The van der Waals surface area contributed by atoms with Crippen molar-refractivity contribution in [1.82, 2.24) is 4.98 Å². The Labute approximate surface area is 138 Å². The van der Waals surface area contributed by atoms with Crippen LogP contribution in [0.4, 0.5) is 0 Å². The Balaban J connectivity index is 1.72. The minimum Gasteiger partial charge on any atom is -0.357 e. The smallest absolute Gasteiger partial charge is 0.152 e. The molecule has 4 bridgehead atoms. The van der Waals surface area contributed by atoms with E-state index in [1.165, 1.54) is 44.2 Å².